The van der Waals surface area contributed by atoms with E-state index in [1.165, 1.54) is 0 Å². The molecule has 2 fully saturated rings. The van der Waals surface area contributed by atoms with Crippen LogP contribution in [0.1, 0.15) is 12.8 Å². The number of nitrogens with zero attached hydrogens (tertiary/aromatic N) is 6. The topological polar surface area (TPSA) is 95.0 Å². The fourth-order valence-corrected chi connectivity index (χ4v) is 4.73. The Balaban J connectivity index is 1.23. The van der Waals surface area contributed by atoms with E-state index in [9.17, 15) is 4.79 Å². The van der Waals surface area contributed by atoms with Crippen molar-refractivity contribution in [3.05, 3.63) is 30.9 Å². The zero-order chi connectivity index (χ0) is 19.3. The van der Waals surface area contributed by atoms with Gasteiger partial charge in [0.1, 0.15) is 17.8 Å². The molecule has 0 radical (unpaired) electrons. The van der Waals surface area contributed by atoms with Gasteiger partial charge in [-0.2, -0.15) is 5.10 Å². The molecule has 2 aliphatic rings. The average Bonchev–Trinajstić information content (AvgIpc) is 3.43. The molecule has 2 N–H and O–H groups in total. The van der Waals surface area contributed by atoms with Gasteiger partial charge in [0.25, 0.3) is 0 Å². The fraction of sp³-hybridized carbons (Fsp3) is 0.474. The third-order valence-corrected chi connectivity index (χ3v) is 6.18. The highest BCUT2D eigenvalue weighted by Crippen LogP contribution is 2.41. The number of aromatic nitrogens is 5. The van der Waals surface area contributed by atoms with Crippen LogP contribution in [0.5, 0.6) is 0 Å². The first-order valence-electron chi connectivity index (χ1n) is 9.65. The normalized spacial score (nSPS) is 23.9. The van der Waals surface area contributed by atoms with Gasteiger partial charge in [0, 0.05) is 51.7 Å². The summed E-state index contributed by atoms with van der Waals surface area (Å²) in [6.07, 6.45) is 7.49. The number of carbonyl (C=O) groups excluding carboxylic acids is 1. The maximum Gasteiger partial charge on any atom is 0.323 e. The highest BCUT2D eigenvalue weighted by atomic mass is 16.2. The molecule has 9 nitrogen and oxygen atoms in total. The van der Waals surface area contributed by atoms with Gasteiger partial charge in [-0.15, -0.1) is 0 Å². The number of likely N-dealkylation sites (tertiary alicyclic amines) is 1. The number of anilines is 2. The minimum absolute atomic E-state index is 0.0529. The van der Waals surface area contributed by atoms with E-state index in [4.69, 9.17) is 0 Å². The highest BCUT2D eigenvalue weighted by Gasteiger charge is 2.44. The lowest BCUT2D eigenvalue weighted by molar-refractivity contribution is 0.218. The number of carbonyl (C=O) groups is 1. The first-order chi connectivity index (χ1) is 13.6. The molecular weight excluding hydrogens is 356 g/mol. The summed E-state index contributed by atoms with van der Waals surface area (Å²) in [5.74, 6) is 2.64. The lowest BCUT2D eigenvalue weighted by Gasteiger charge is -2.28. The molecule has 3 aromatic heterocycles. The Labute approximate surface area is 162 Å². The molecule has 0 spiro atoms. The van der Waals surface area contributed by atoms with Crippen molar-refractivity contribution in [3.8, 4) is 0 Å². The van der Waals surface area contributed by atoms with Crippen LogP contribution in [-0.4, -0.2) is 61.8 Å². The molecule has 1 aliphatic carbocycles. The van der Waals surface area contributed by atoms with Gasteiger partial charge in [-0.3, -0.25) is 10.00 Å². The van der Waals surface area contributed by atoms with Crippen molar-refractivity contribution >= 4 is 28.7 Å². The van der Waals surface area contributed by atoms with Crippen LogP contribution in [-0.2, 0) is 7.05 Å². The van der Waals surface area contributed by atoms with E-state index in [2.05, 4.69) is 37.3 Å². The number of hydrogen-bond donors (Lipinski definition) is 2. The Hall–Kier alpha value is -3.10. The molecule has 9 heteroatoms. The van der Waals surface area contributed by atoms with E-state index in [0.717, 1.165) is 42.8 Å². The largest absolute Gasteiger partial charge is 0.356 e. The summed E-state index contributed by atoms with van der Waals surface area (Å²) >= 11 is 0. The third kappa shape index (κ3) is 2.87. The van der Waals surface area contributed by atoms with Gasteiger partial charge in [0.05, 0.1) is 5.39 Å². The van der Waals surface area contributed by atoms with Crippen LogP contribution >= 0.6 is 0 Å². The van der Waals surface area contributed by atoms with Gasteiger partial charge in [-0.25, -0.2) is 14.8 Å². The Bertz CT molecular complexity index is 996. The molecule has 1 aliphatic heterocycles. The number of amides is 2. The standard InChI is InChI=1S/C19H24N8O/c1-25-6-4-16(24-25)23-19(28)27-9-12-7-14(8-13(12)10-27)26(2)18-15-3-5-20-17(15)21-11-22-18/h3-6,11-14H,7-10H2,1-2H3,(H,20,21,22)(H,23,24,28). The van der Waals surface area contributed by atoms with Crippen molar-refractivity contribution in [2.24, 2.45) is 18.9 Å². The predicted octanol–water partition coefficient (Wildman–Crippen LogP) is 2.07. The smallest absolute Gasteiger partial charge is 0.323 e. The van der Waals surface area contributed by atoms with Crippen LogP contribution in [0, 0.1) is 11.8 Å². The van der Waals surface area contributed by atoms with Crippen molar-refractivity contribution in [3.63, 3.8) is 0 Å². The Morgan fingerprint density at radius 1 is 1.25 bits per heavy atom. The van der Waals surface area contributed by atoms with E-state index in [-0.39, 0.29) is 6.03 Å². The number of hydrogen-bond acceptors (Lipinski definition) is 5. The van der Waals surface area contributed by atoms with E-state index in [1.54, 1.807) is 11.0 Å². The van der Waals surface area contributed by atoms with Crippen LogP contribution in [0.2, 0.25) is 0 Å². The van der Waals surface area contributed by atoms with Crippen molar-refractivity contribution in [1.29, 1.82) is 0 Å². The number of urea groups is 1. The summed E-state index contributed by atoms with van der Waals surface area (Å²) in [7, 11) is 3.96. The van der Waals surface area contributed by atoms with Gasteiger partial charge in [-0.05, 0) is 30.7 Å². The van der Waals surface area contributed by atoms with Crippen LogP contribution in [0.4, 0.5) is 16.4 Å². The van der Waals surface area contributed by atoms with Gasteiger partial charge < -0.3 is 14.8 Å². The molecular formula is C19H24N8O. The van der Waals surface area contributed by atoms with Crippen LogP contribution < -0.4 is 10.2 Å². The number of fused-ring (bicyclic) bond motifs is 2. The molecule has 3 aromatic rings. The molecule has 1 saturated heterocycles. The molecule has 0 bridgehead atoms. The number of aromatic amines is 1. The van der Waals surface area contributed by atoms with Crippen LogP contribution in [0.25, 0.3) is 11.0 Å². The number of aryl methyl sites for hydroxylation is 1. The molecule has 1 saturated carbocycles. The minimum Gasteiger partial charge on any atom is -0.356 e. The molecule has 0 aromatic carbocycles. The Morgan fingerprint density at radius 2 is 2.04 bits per heavy atom. The van der Waals surface area contributed by atoms with Gasteiger partial charge in [0.15, 0.2) is 5.82 Å². The average molecular weight is 380 g/mol. The number of nitrogens with one attached hydrogen (secondary N) is 2. The van der Waals surface area contributed by atoms with Crippen LogP contribution in [0.3, 0.4) is 0 Å². The van der Waals surface area contributed by atoms with Gasteiger partial charge in [-0.1, -0.05) is 0 Å². The van der Waals surface area contributed by atoms with Gasteiger partial charge >= 0.3 is 6.03 Å². The first kappa shape index (κ1) is 17.0. The SMILES string of the molecule is CN(c1ncnc2[nH]ccc12)C1CC2CN(C(=O)Nc3ccn(C)n3)CC2C1. The highest BCUT2D eigenvalue weighted by molar-refractivity contribution is 5.88. The fourth-order valence-electron chi connectivity index (χ4n) is 4.73. The second-order valence-corrected chi connectivity index (χ2v) is 7.90. The van der Waals surface area contributed by atoms with Crippen molar-refractivity contribution < 1.29 is 4.79 Å². The number of H-pyrrole nitrogens is 1. The first-order valence-corrected chi connectivity index (χ1v) is 9.65. The minimum atomic E-state index is -0.0529. The van der Waals surface area contributed by atoms with E-state index >= 15 is 0 Å². The van der Waals surface area contributed by atoms with Crippen molar-refractivity contribution in [2.75, 3.05) is 30.4 Å². The zero-order valence-corrected chi connectivity index (χ0v) is 16.0. The lowest BCUT2D eigenvalue weighted by Crippen LogP contribution is -2.36. The summed E-state index contributed by atoms with van der Waals surface area (Å²) in [5, 5.41) is 8.17. The molecule has 2 atom stereocenters. The maximum absolute atomic E-state index is 12.5. The molecule has 146 valence electrons. The zero-order valence-electron chi connectivity index (χ0n) is 16.0. The lowest BCUT2D eigenvalue weighted by atomic mass is 10.0. The summed E-state index contributed by atoms with van der Waals surface area (Å²) in [5.41, 5.74) is 0.868. The summed E-state index contributed by atoms with van der Waals surface area (Å²) in [6.45, 7) is 1.61. The summed E-state index contributed by atoms with van der Waals surface area (Å²) in [4.78, 5) is 28.7. The monoisotopic (exact) mass is 380 g/mol. The quantitative estimate of drug-likeness (QED) is 0.725. The molecule has 5 rings (SSSR count). The second kappa shape index (κ2) is 6.50. The van der Waals surface area contributed by atoms with Crippen molar-refractivity contribution in [2.45, 2.75) is 18.9 Å². The van der Waals surface area contributed by atoms with E-state index in [1.807, 2.05) is 36.5 Å². The maximum atomic E-state index is 12.5. The van der Waals surface area contributed by atoms with E-state index < -0.39 is 0 Å². The number of rotatable bonds is 3. The predicted molar refractivity (Wildman–Crippen MR) is 106 cm³/mol. The van der Waals surface area contributed by atoms with E-state index in [0.29, 0.717) is 23.7 Å². The molecule has 28 heavy (non-hydrogen) atoms. The third-order valence-electron chi connectivity index (χ3n) is 6.18. The second-order valence-electron chi connectivity index (χ2n) is 7.90. The Kier molecular flexibility index (Phi) is 3.96. The molecule has 2 amide bonds. The van der Waals surface area contributed by atoms with Gasteiger partial charge in [0.2, 0.25) is 0 Å². The summed E-state index contributed by atoms with van der Waals surface area (Å²) < 4.78 is 1.68. The Morgan fingerprint density at radius 3 is 2.75 bits per heavy atom. The molecule has 2 unspecified atom stereocenters. The summed E-state index contributed by atoms with van der Waals surface area (Å²) in [6, 6.07) is 4.22. The molecule has 4 heterocycles. The van der Waals surface area contributed by atoms with Crippen LogP contribution in [0.15, 0.2) is 30.9 Å². The van der Waals surface area contributed by atoms with Crippen molar-refractivity contribution in [1.82, 2.24) is 29.6 Å².